The summed E-state index contributed by atoms with van der Waals surface area (Å²) in [7, 11) is 0. The van der Waals surface area contributed by atoms with E-state index in [4.69, 9.17) is 18.9 Å². The van der Waals surface area contributed by atoms with Gasteiger partial charge in [0.05, 0.1) is 74.9 Å². The molecule has 2 fully saturated rings. The quantitative estimate of drug-likeness (QED) is 0.138. The Kier molecular flexibility index (Phi) is 11.0. The van der Waals surface area contributed by atoms with Gasteiger partial charge in [-0.25, -0.2) is 19.4 Å². The maximum absolute atomic E-state index is 13.5. The van der Waals surface area contributed by atoms with Crippen molar-refractivity contribution in [1.29, 1.82) is 0 Å². The third-order valence-corrected chi connectivity index (χ3v) is 9.28. The minimum Gasteiger partial charge on any atom is -0.379 e. The van der Waals surface area contributed by atoms with Crippen LogP contribution in [0, 0.1) is 0 Å². The first-order valence-electron chi connectivity index (χ1n) is 16.1. The van der Waals surface area contributed by atoms with Gasteiger partial charge in [0.25, 0.3) is 11.8 Å². The Morgan fingerprint density at radius 3 is 2.31 bits per heavy atom. The summed E-state index contributed by atoms with van der Waals surface area (Å²) in [5.74, 6) is -0.467. The fourth-order valence-electron chi connectivity index (χ4n) is 5.68. The van der Waals surface area contributed by atoms with Crippen LogP contribution in [-0.4, -0.2) is 114 Å². The Hall–Kier alpha value is -4.28. The highest BCUT2D eigenvalue weighted by Gasteiger charge is 2.53. The van der Waals surface area contributed by atoms with Crippen LogP contribution in [0.15, 0.2) is 54.7 Å². The topological polar surface area (TPSA) is 150 Å². The zero-order chi connectivity index (χ0) is 33.3. The van der Waals surface area contributed by atoms with Crippen molar-refractivity contribution in [2.45, 2.75) is 31.8 Å². The van der Waals surface area contributed by atoms with E-state index in [1.807, 2.05) is 37.4 Å². The molecule has 4 aromatic rings. The molecule has 2 aromatic carbocycles. The first kappa shape index (κ1) is 33.6. The van der Waals surface area contributed by atoms with E-state index in [2.05, 4.69) is 20.6 Å². The summed E-state index contributed by atoms with van der Waals surface area (Å²) in [6, 6.07) is 14.2. The summed E-state index contributed by atoms with van der Waals surface area (Å²) in [6.45, 7) is 7.48. The molecule has 15 heteroatoms. The molecule has 2 aliphatic rings. The van der Waals surface area contributed by atoms with Gasteiger partial charge in [-0.2, -0.15) is 0 Å². The van der Waals surface area contributed by atoms with Crippen LogP contribution in [0.3, 0.4) is 0 Å². The standard InChI is InChI=1S/C33H39N7O7S/c1-2-44-16-17-46-20-21-47-19-18-45-15-14-39-23-27(36-37-39)24-8-9-26-28(22-24)48-29(34-26)30(41)38-12-10-33(11-13-38)31(42)40(32(43)35-33)25-6-4-3-5-7-25/h3-9,22-23H,2,10-21H2,1H3,(H,35,43). The van der Waals surface area contributed by atoms with Crippen molar-refractivity contribution in [3.63, 3.8) is 0 Å². The fourth-order valence-corrected chi connectivity index (χ4v) is 6.65. The number of rotatable bonds is 16. The number of amides is 4. The summed E-state index contributed by atoms with van der Waals surface area (Å²) in [6.07, 6.45) is 2.53. The number of hydrogen-bond acceptors (Lipinski definition) is 11. The predicted octanol–water partition coefficient (Wildman–Crippen LogP) is 3.37. The van der Waals surface area contributed by atoms with Crippen molar-refractivity contribution in [3.8, 4) is 11.3 Å². The van der Waals surface area contributed by atoms with Crippen LogP contribution in [0.25, 0.3) is 21.5 Å². The Morgan fingerprint density at radius 2 is 1.60 bits per heavy atom. The monoisotopic (exact) mass is 677 g/mol. The highest BCUT2D eigenvalue weighted by atomic mass is 32.1. The lowest BCUT2D eigenvalue weighted by Gasteiger charge is -2.36. The van der Waals surface area contributed by atoms with Crippen LogP contribution in [0.4, 0.5) is 10.5 Å². The molecule has 0 saturated carbocycles. The van der Waals surface area contributed by atoms with Gasteiger partial charge in [0.1, 0.15) is 11.2 Å². The third kappa shape index (κ3) is 7.71. The molecule has 48 heavy (non-hydrogen) atoms. The molecule has 254 valence electrons. The summed E-state index contributed by atoms with van der Waals surface area (Å²) in [5, 5.41) is 11.8. The molecule has 4 amide bonds. The Labute approximate surface area is 281 Å². The van der Waals surface area contributed by atoms with Crippen LogP contribution >= 0.6 is 11.3 Å². The molecule has 0 aliphatic carbocycles. The minimum atomic E-state index is -1.01. The lowest BCUT2D eigenvalue weighted by molar-refractivity contribution is -0.123. The van der Waals surface area contributed by atoms with Gasteiger partial charge >= 0.3 is 6.03 Å². The van der Waals surface area contributed by atoms with Gasteiger partial charge in [-0.15, -0.1) is 16.4 Å². The summed E-state index contributed by atoms with van der Waals surface area (Å²) < 4.78 is 24.4. The maximum Gasteiger partial charge on any atom is 0.329 e. The number of anilines is 1. The third-order valence-electron chi connectivity index (χ3n) is 8.27. The summed E-state index contributed by atoms with van der Waals surface area (Å²) >= 11 is 1.32. The average molecular weight is 678 g/mol. The average Bonchev–Trinajstić information content (AvgIpc) is 3.82. The number of hydrogen-bond donors (Lipinski definition) is 1. The van der Waals surface area contributed by atoms with Crippen molar-refractivity contribution in [3.05, 3.63) is 59.7 Å². The van der Waals surface area contributed by atoms with E-state index in [9.17, 15) is 14.4 Å². The van der Waals surface area contributed by atoms with E-state index >= 15 is 0 Å². The zero-order valence-electron chi connectivity index (χ0n) is 26.8. The number of aromatic nitrogens is 4. The molecule has 4 heterocycles. The Bertz CT molecular complexity index is 1700. The molecular formula is C33H39N7O7S. The van der Waals surface area contributed by atoms with Crippen molar-refractivity contribution >= 4 is 45.1 Å². The van der Waals surface area contributed by atoms with Gasteiger partial charge in [-0.1, -0.05) is 29.5 Å². The normalized spacial score (nSPS) is 15.9. The molecule has 2 aromatic heterocycles. The van der Waals surface area contributed by atoms with Gasteiger partial charge < -0.3 is 29.2 Å². The molecule has 0 bridgehead atoms. The van der Waals surface area contributed by atoms with E-state index < -0.39 is 11.6 Å². The van der Waals surface area contributed by atoms with Crippen LogP contribution < -0.4 is 10.2 Å². The fraction of sp³-hybridized carbons (Fsp3) is 0.455. The van der Waals surface area contributed by atoms with E-state index in [0.29, 0.717) is 102 Å². The number of likely N-dealkylation sites (tertiary alicyclic amines) is 1. The molecule has 1 spiro atoms. The Morgan fingerprint density at radius 1 is 0.917 bits per heavy atom. The minimum absolute atomic E-state index is 0.188. The number of para-hydroxylation sites is 1. The van der Waals surface area contributed by atoms with E-state index in [0.717, 1.165) is 15.8 Å². The number of piperidine rings is 1. The first-order valence-corrected chi connectivity index (χ1v) is 16.9. The molecule has 0 atom stereocenters. The molecule has 0 radical (unpaired) electrons. The van der Waals surface area contributed by atoms with Crippen molar-refractivity contribution in [2.24, 2.45) is 0 Å². The second-order valence-corrected chi connectivity index (χ2v) is 12.4. The molecule has 2 saturated heterocycles. The van der Waals surface area contributed by atoms with Gasteiger partial charge in [-0.3, -0.25) is 9.59 Å². The zero-order valence-corrected chi connectivity index (χ0v) is 27.7. The van der Waals surface area contributed by atoms with E-state index in [1.165, 1.54) is 16.2 Å². The van der Waals surface area contributed by atoms with Gasteiger partial charge in [0, 0.05) is 25.3 Å². The first-order chi connectivity index (χ1) is 23.5. The number of fused-ring (bicyclic) bond motifs is 1. The predicted molar refractivity (Wildman–Crippen MR) is 178 cm³/mol. The van der Waals surface area contributed by atoms with E-state index in [1.54, 1.807) is 33.8 Å². The molecule has 0 unspecified atom stereocenters. The molecule has 14 nitrogen and oxygen atoms in total. The van der Waals surface area contributed by atoms with Crippen molar-refractivity contribution in [1.82, 2.24) is 30.2 Å². The van der Waals surface area contributed by atoms with Crippen molar-refractivity contribution in [2.75, 3.05) is 70.8 Å². The van der Waals surface area contributed by atoms with Crippen molar-refractivity contribution < 1.29 is 33.3 Å². The highest BCUT2D eigenvalue weighted by Crippen LogP contribution is 2.34. The number of carbonyl (C=O) groups excluding carboxylic acids is 3. The largest absolute Gasteiger partial charge is 0.379 e. The van der Waals surface area contributed by atoms with Gasteiger partial charge in [0.2, 0.25) is 0 Å². The lowest BCUT2D eigenvalue weighted by Crippen LogP contribution is -2.55. The number of carbonyl (C=O) groups is 3. The van der Waals surface area contributed by atoms with E-state index in [-0.39, 0.29) is 11.8 Å². The van der Waals surface area contributed by atoms with Gasteiger partial charge in [0.15, 0.2) is 5.01 Å². The number of thiazole rings is 1. The maximum atomic E-state index is 13.5. The SMILES string of the molecule is CCOCCOCCOCCOCCn1cc(-c2ccc3nc(C(=O)N4CCC5(CC4)NC(=O)N(c4ccccc4)C5=O)sc3c2)nn1. The van der Waals surface area contributed by atoms with Crippen LogP contribution in [0.1, 0.15) is 29.6 Å². The Balaban J connectivity index is 0.965. The van der Waals surface area contributed by atoms with Crippen LogP contribution in [-0.2, 0) is 30.3 Å². The number of urea groups is 1. The number of nitrogens with one attached hydrogen (secondary N) is 1. The van der Waals surface area contributed by atoms with Gasteiger partial charge in [-0.05, 0) is 44.0 Å². The molecular weight excluding hydrogens is 638 g/mol. The highest BCUT2D eigenvalue weighted by molar-refractivity contribution is 7.20. The number of imide groups is 1. The smallest absolute Gasteiger partial charge is 0.329 e. The van der Waals surface area contributed by atoms with Crippen LogP contribution in [0.5, 0.6) is 0 Å². The van der Waals surface area contributed by atoms with Crippen LogP contribution in [0.2, 0.25) is 0 Å². The number of ether oxygens (including phenoxy) is 4. The number of benzene rings is 2. The summed E-state index contributed by atoms with van der Waals surface area (Å²) in [5.41, 5.74) is 1.82. The summed E-state index contributed by atoms with van der Waals surface area (Å²) in [4.78, 5) is 47.0. The molecule has 2 aliphatic heterocycles. The molecule has 1 N–H and O–H groups in total. The second-order valence-electron chi connectivity index (χ2n) is 11.4. The molecule has 6 rings (SSSR count). The number of nitrogens with zero attached hydrogens (tertiary/aromatic N) is 6. The second kappa shape index (κ2) is 15.7. The lowest BCUT2D eigenvalue weighted by atomic mass is 9.87.